The number of halogens is 1. The van der Waals surface area contributed by atoms with Gasteiger partial charge >= 0.3 is 0 Å². The zero-order chi connectivity index (χ0) is 12.1. The summed E-state index contributed by atoms with van der Waals surface area (Å²) in [5.74, 6) is 0.141. The van der Waals surface area contributed by atoms with E-state index in [0.717, 1.165) is 11.3 Å². The largest absolute Gasteiger partial charge is 0.506 e. The second kappa shape index (κ2) is 5.66. The van der Waals surface area contributed by atoms with Crippen LogP contribution in [-0.2, 0) is 13.1 Å². The molecule has 0 fully saturated rings. The van der Waals surface area contributed by atoms with Crippen LogP contribution in [0.3, 0.4) is 0 Å². The van der Waals surface area contributed by atoms with E-state index < -0.39 is 0 Å². The van der Waals surface area contributed by atoms with Crippen molar-refractivity contribution in [2.75, 3.05) is 0 Å². The lowest BCUT2D eigenvalue weighted by molar-refractivity contribution is 0.464. The summed E-state index contributed by atoms with van der Waals surface area (Å²) in [6.45, 7) is 1.22. The number of phenols is 1. The lowest BCUT2D eigenvalue weighted by Crippen LogP contribution is -2.13. The molecule has 2 rings (SSSR count). The summed E-state index contributed by atoms with van der Waals surface area (Å²) in [5.41, 5.74) is 1.75. The fourth-order valence-electron chi connectivity index (χ4n) is 1.53. The van der Waals surface area contributed by atoms with Crippen molar-refractivity contribution < 1.29 is 5.11 Å². The van der Waals surface area contributed by atoms with Crippen LogP contribution in [0.25, 0.3) is 0 Å². The van der Waals surface area contributed by atoms with Crippen LogP contribution in [0.1, 0.15) is 11.3 Å². The molecule has 3 nitrogen and oxygen atoms in total. The Balaban J connectivity index is 1.93. The molecule has 2 aromatic rings. The van der Waals surface area contributed by atoms with E-state index in [2.05, 4.69) is 10.3 Å². The van der Waals surface area contributed by atoms with Gasteiger partial charge in [0.15, 0.2) is 0 Å². The topological polar surface area (TPSA) is 45.1 Å². The number of phenolic OH excluding ortho intramolecular Hbond substituents is 1. The molecule has 88 valence electrons. The van der Waals surface area contributed by atoms with E-state index in [9.17, 15) is 5.11 Å². The van der Waals surface area contributed by atoms with Gasteiger partial charge in [-0.25, -0.2) is 0 Å². The van der Waals surface area contributed by atoms with Gasteiger partial charge in [-0.15, -0.1) is 0 Å². The van der Waals surface area contributed by atoms with E-state index >= 15 is 0 Å². The smallest absolute Gasteiger partial charge is 0.138 e. The van der Waals surface area contributed by atoms with E-state index in [4.69, 9.17) is 11.6 Å². The molecule has 4 heteroatoms. The summed E-state index contributed by atoms with van der Waals surface area (Å²) in [6.07, 6.45) is 1.76. The van der Waals surface area contributed by atoms with Crippen LogP contribution in [0.2, 0.25) is 5.02 Å². The minimum Gasteiger partial charge on any atom is -0.506 e. The third-order valence-corrected chi connectivity index (χ3v) is 2.72. The number of rotatable bonds is 4. The number of hydrogen-bond acceptors (Lipinski definition) is 3. The second-order valence-electron chi connectivity index (χ2n) is 3.67. The first-order valence-electron chi connectivity index (χ1n) is 5.34. The highest BCUT2D eigenvalue weighted by molar-refractivity contribution is 6.32. The first kappa shape index (κ1) is 11.9. The van der Waals surface area contributed by atoms with E-state index in [-0.39, 0.29) is 5.75 Å². The normalized spacial score (nSPS) is 10.4. The predicted molar refractivity (Wildman–Crippen MR) is 67.9 cm³/mol. The summed E-state index contributed by atoms with van der Waals surface area (Å²) in [4.78, 5) is 4.20. The molecule has 0 radical (unpaired) electrons. The lowest BCUT2D eigenvalue weighted by atomic mass is 10.2. The van der Waals surface area contributed by atoms with Gasteiger partial charge < -0.3 is 10.4 Å². The SMILES string of the molecule is Oc1c(Cl)cccc1CNCc1ccccn1. The number of aromatic nitrogens is 1. The molecule has 0 unspecified atom stereocenters. The molecule has 0 saturated carbocycles. The van der Waals surface area contributed by atoms with E-state index in [0.29, 0.717) is 18.1 Å². The molecule has 0 bridgehead atoms. The van der Waals surface area contributed by atoms with Crippen molar-refractivity contribution in [1.82, 2.24) is 10.3 Å². The van der Waals surface area contributed by atoms with Crippen LogP contribution in [0, 0.1) is 0 Å². The summed E-state index contributed by atoms with van der Waals surface area (Å²) >= 11 is 5.82. The Morgan fingerprint density at radius 2 is 2.00 bits per heavy atom. The van der Waals surface area contributed by atoms with Gasteiger partial charge in [0.25, 0.3) is 0 Å². The number of para-hydroxylation sites is 1. The highest BCUT2D eigenvalue weighted by Crippen LogP contribution is 2.26. The van der Waals surface area contributed by atoms with Gasteiger partial charge in [0, 0.05) is 24.8 Å². The van der Waals surface area contributed by atoms with Crippen LogP contribution in [0.5, 0.6) is 5.75 Å². The molecule has 0 aliphatic heterocycles. The van der Waals surface area contributed by atoms with Crippen LogP contribution in [0.4, 0.5) is 0 Å². The van der Waals surface area contributed by atoms with Gasteiger partial charge in [-0.3, -0.25) is 4.98 Å². The summed E-state index contributed by atoms with van der Waals surface area (Å²) in [7, 11) is 0. The number of benzene rings is 1. The molecular weight excluding hydrogens is 236 g/mol. The van der Waals surface area contributed by atoms with E-state index in [1.807, 2.05) is 30.3 Å². The van der Waals surface area contributed by atoms with Crippen molar-refractivity contribution in [3.63, 3.8) is 0 Å². The van der Waals surface area contributed by atoms with E-state index in [1.54, 1.807) is 12.3 Å². The standard InChI is InChI=1S/C13H13ClN2O/c14-12-6-3-4-10(13(12)17)8-15-9-11-5-1-2-7-16-11/h1-7,15,17H,8-9H2. The van der Waals surface area contributed by atoms with Gasteiger partial charge in [0.05, 0.1) is 10.7 Å². The molecule has 0 saturated heterocycles. The summed E-state index contributed by atoms with van der Waals surface area (Å²) in [5, 5.41) is 13.3. The maximum absolute atomic E-state index is 9.71. The Hall–Kier alpha value is -1.58. The number of nitrogens with one attached hydrogen (secondary N) is 1. The predicted octanol–water partition coefficient (Wildman–Crippen LogP) is 2.73. The monoisotopic (exact) mass is 248 g/mol. The summed E-state index contributed by atoms with van der Waals surface area (Å²) < 4.78 is 0. The van der Waals surface area contributed by atoms with Crippen molar-refractivity contribution in [3.05, 3.63) is 58.9 Å². The van der Waals surface area contributed by atoms with Crippen molar-refractivity contribution in [3.8, 4) is 5.75 Å². The van der Waals surface area contributed by atoms with Crippen LogP contribution < -0.4 is 5.32 Å². The van der Waals surface area contributed by atoms with Gasteiger partial charge in [-0.2, -0.15) is 0 Å². The molecule has 1 aromatic heterocycles. The highest BCUT2D eigenvalue weighted by Gasteiger charge is 2.04. The van der Waals surface area contributed by atoms with Crippen LogP contribution in [-0.4, -0.2) is 10.1 Å². The molecule has 0 amide bonds. The average molecular weight is 249 g/mol. The molecule has 17 heavy (non-hydrogen) atoms. The van der Waals surface area contributed by atoms with E-state index in [1.165, 1.54) is 0 Å². The molecule has 0 aliphatic carbocycles. The van der Waals surface area contributed by atoms with Gasteiger partial charge in [-0.1, -0.05) is 29.8 Å². The third-order valence-electron chi connectivity index (χ3n) is 2.42. The number of hydrogen-bond donors (Lipinski definition) is 2. The Morgan fingerprint density at radius 3 is 2.76 bits per heavy atom. The first-order chi connectivity index (χ1) is 8.27. The zero-order valence-corrected chi connectivity index (χ0v) is 9.98. The van der Waals surface area contributed by atoms with Crippen molar-refractivity contribution in [1.29, 1.82) is 0 Å². The third kappa shape index (κ3) is 3.19. The Morgan fingerprint density at radius 1 is 1.12 bits per heavy atom. The van der Waals surface area contributed by atoms with Gasteiger partial charge in [0.1, 0.15) is 5.75 Å². The Labute approximate surface area is 105 Å². The first-order valence-corrected chi connectivity index (χ1v) is 5.72. The molecule has 0 atom stereocenters. The molecular formula is C13H13ClN2O. The Bertz CT molecular complexity index is 488. The lowest BCUT2D eigenvalue weighted by Gasteiger charge is -2.07. The zero-order valence-electron chi connectivity index (χ0n) is 9.23. The highest BCUT2D eigenvalue weighted by atomic mass is 35.5. The minimum atomic E-state index is 0.141. The fraction of sp³-hybridized carbons (Fsp3) is 0.154. The van der Waals surface area contributed by atoms with Gasteiger partial charge in [-0.05, 0) is 18.2 Å². The maximum Gasteiger partial charge on any atom is 0.138 e. The minimum absolute atomic E-state index is 0.141. The fourth-order valence-corrected chi connectivity index (χ4v) is 1.72. The molecule has 2 N–H and O–H groups in total. The molecule has 0 spiro atoms. The molecule has 0 aliphatic rings. The average Bonchev–Trinajstić information content (AvgIpc) is 2.36. The maximum atomic E-state index is 9.71. The van der Waals surface area contributed by atoms with Crippen LogP contribution >= 0.6 is 11.6 Å². The second-order valence-corrected chi connectivity index (χ2v) is 4.08. The quantitative estimate of drug-likeness (QED) is 0.875. The number of nitrogens with zero attached hydrogens (tertiary/aromatic N) is 1. The molecule has 1 aromatic carbocycles. The van der Waals surface area contributed by atoms with Crippen molar-refractivity contribution in [2.45, 2.75) is 13.1 Å². The van der Waals surface area contributed by atoms with Crippen LogP contribution in [0.15, 0.2) is 42.6 Å². The number of pyridine rings is 1. The Kier molecular flexibility index (Phi) is 3.96. The van der Waals surface area contributed by atoms with Crippen molar-refractivity contribution in [2.24, 2.45) is 0 Å². The molecule has 1 heterocycles. The van der Waals surface area contributed by atoms with Crippen molar-refractivity contribution >= 4 is 11.6 Å². The summed E-state index contributed by atoms with van der Waals surface area (Å²) in [6, 6.07) is 11.1. The number of aromatic hydroxyl groups is 1. The van der Waals surface area contributed by atoms with Gasteiger partial charge in [0.2, 0.25) is 0 Å².